The fourth-order valence-electron chi connectivity index (χ4n) is 1.85. The lowest BCUT2D eigenvalue weighted by atomic mass is 10.2. The van der Waals surface area contributed by atoms with E-state index in [-0.39, 0.29) is 24.3 Å². The van der Waals surface area contributed by atoms with Crippen LogP contribution in [0.1, 0.15) is 11.3 Å². The minimum atomic E-state index is -0.911. The molecule has 0 saturated carbocycles. The van der Waals surface area contributed by atoms with Crippen molar-refractivity contribution >= 4 is 5.69 Å². The second-order valence-electron chi connectivity index (χ2n) is 4.74. The molecular formula is C12H15N5O4. The number of hydrogen-bond donors (Lipinski definition) is 1. The second-order valence-corrected chi connectivity index (χ2v) is 4.74. The summed E-state index contributed by atoms with van der Waals surface area (Å²) in [6, 6.07) is 0. The van der Waals surface area contributed by atoms with Crippen LogP contribution in [-0.4, -0.2) is 35.5 Å². The van der Waals surface area contributed by atoms with Crippen LogP contribution in [0.15, 0.2) is 23.5 Å². The summed E-state index contributed by atoms with van der Waals surface area (Å²) in [4.78, 5) is 26.0. The predicted octanol–water partition coefficient (Wildman–Crippen LogP) is 0.0259. The average Bonchev–Trinajstić information content (AvgIpc) is 2.88. The van der Waals surface area contributed by atoms with Crippen molar-refractivity contribution in [2.24, 2.45) is 0 Å². The zero-order valence-corrected chi connectivity index (χ0v) is 11.6. The third-order valence-corrected chi connectivity index (χ3v) is 3.15. The highest BCUT2D eigenvalue weighted by Crippen LogP contribution is 2.08. The van der Waals surface area contributed by atoms with E-state index in [0.717, 1.165) is 6.20 Å². The Bertz CT molecular complexity index is 721. The van der Waals surface area contributed by atoms with Crippen LogP contribution in [0.4, 0.5) is 5.69 Å². The van der Waals surface area contributed by atoms with Gasteiger partial charge in [-0.25, -0.2) is 4.98 Å². The average molecular weight is 293 g/mol. The predicted molar refractivity (Wildman–Crippen MR) is 72.9 cm³/mol. The lowest BCUT2D eigenvalue weighted by Crippen LogP contribution is -2.31. The van der Waals surface area contributed by atoms with Gasteiger partial charge in [0.05, 0.1) is 30.4 Å². The van der Waals surface area contributed by atoms with Crippen LogP contribution < -0.4 is 5.56 Å². The third-order valence-electron chi connectivity index (χ3n) is 3.15. The van der Waals surface area contributed by atoms with Crippen LogP contribution in [-0.2, 0) is 13.1 Å². The van der Waals surface area contributed by atoms with Gasteiger partial charge < -0.3 is 5.11 Å². The molecule has 0 aliphatic carbocycles. The van der Waals surface area contributed by atoms with Crippen LogP contribution in [0.5, 0.6) is 0 Å². The lowest BCUT2D eigenvalue weighted by molar-refractivity contribution is -0.385. The van der Waals surface area contributed by atoms with Gasteiger partial charge in [0, 0.05) is 11.3 Å². The van der Waals surface area contributed by atoms with Crippen molar-refractivity contribution in [3.05, 3.63) is 50.4 Å². The molecule has 9 heteroatoms. The van der Waals surface area contributed by atoms with Crippen molar-refractivity contribution in [3.63, 3.8) is 0 Å². The van der Waals surface area contributed by atoms with Crippen molar-refractivity contribution in [1.82, 2.24) is 19.3 Å². The molecule has 0 aromatic carbocycles. The number of aromatic nitrogens is 4. The van der Waals surface area contributed by atoms with E-state index in [1.807, 2.05) is 0 Å². The van der Waals surface area contributed by atoms with Crippen molar-refractivity contribution in [2.75, 3.05) is 0 Å². The number of nitro groups is 1. The molecule has 0 aliphatic rings. The maximum absolute atomic E-state index is 12.0. The number of hydrogen-bond acceptors (Lipinski definition) is 6. The minimum absolute atomic E-state index is 0.0423. The molecule has 0 aliphatic heterocycles. The summed E-state index contributed by atoms with van der Waals surface area (Å²) in [6.45, 7) is 3.50. The van der Waals surface area contributed by atoms with Crippen molar-refractivity contribution in [2.45, 2.75) is 33.0 Å². The molecule has 0 amide bonds. The van der Waals surface area contributed by atoms with Gasteiger partial charge in [0.1, 0.15) is 12.4 Å². The quantitative estimate of drug-likeness (QED) is 0.614. The summed E-state index contributed by atoms with van der Waals surface area (Å²) < 4.78 is 2.58. The van der Waals surface area contributed by atoms with Gasteiger partial charge in [0.15, 0.2) is 0 Å². The Hall–Kier alpha value is -2.55. The molecule has 2 aromatic heterocycles. The summed E-state index contributed by atoms with van der Waals surface area (Å²) >= 11 is 0. The molecular weight excluding hydrogens is 278 g/mol. The maximum Gasteiger partial charge on any atom is 0.306 e. The van der Waals surface area contributed by atoms with Crippen LogP contribution in [0.2, 0.25) is 0 Å². The molecule has 0 spiro atoms. The molecule has 0 radical (unpaired) electrons. The first-order chi connectivity index (χ1) is 9.88. The van der Waals surface area contributed by atoms with E-state index in [2.05, 4.69) is 10.1 Å². The first-order valence-corrected chi connectivity index (χ1v) is 6.26. The topological polar surface area (TPSA) is 116 Å². The largest absolute Gasteiger partial charge is 0.389 e. The standard InChI is InChI=1S/C12H15N5O4/c1-8-9(2)13-7-15(12(8)19)5-11(18)6-16-4-10(3-14-16)17(20)21/h3-4,7,11,18H,5-6H2,1-2H3/t11-/m0/s1. The Morgan fingerprint density at radius 2 is 2.14 bits per heavy atom. The van der Waals surface area contributed by atoms with E-state index in [0.29, 0.717) is 11.3 Å². The summed E-state index contributed by atoms with van der Waals surface area (Å²) in [6.07, 6.45) is 2.80. The molecule has 2 aromatic rings. The monoisotopic (exact) mass is 293 g/mol. The maximum atomic E-state index is 12.0. The molecule has 2 rings (SSSR count). The van der Waals surface area contributed by atoms with Gasteiger partial charge in [0.25, 0.3) is 5.56 Å². The smallest absolute Gasteiger partial charge is 0.306 e. The summed E-state index contributed by atoms with van der Waals surface area (Å²) in [5, 5.41) is 24.3. The van der Waals surface area contributed by atoms with E-state index >= 15 is 0 Å². The van der Waals surface area contributed by atoms with Gasteiger partial charge in [-0.1, -0.05) is 0 Å². The van der Waals surface area contributed by atoms with Crippen molar-refractivity contribution < 1.29 is 10.0 Å². The highest BCUT2D eigenvalue weighted by atomic mass is 16.6. The fourth-order valence-corrected chi connectivity index (χ4v) is 1.85. The Morgan fingerprint density at radius 3 is 2.76 bits per heavy atom. The Labute approximate surface area is 119 Å². The van der Waals surface area contributed by atoms with Crippen LogP contribution in [0.3, 0.4) is 0 Å². The number of nitrogens with zero attached hydrogens (tertiary/aromatic N) is 5. The highest BCUT2D eigenvalue weighted by molar-refractivity contribution is 5.20. The van der Waals surface area contributed by atoms with E-state index < -0.39 is 11.0 Å². The molecule has 2 heterocycles. The zero-order chi connectivity index (χ0) is 15.6. The van der Waals surface area contributed by atoms with E-state index in [4.69, 9.17) is 0 Å². The SMILES string of the molecule is Cc1ncn(C[C@H](O)Cn2cc([N+](=O)[O-])cn2)c(=O)c1C. The van der Waals surface area contributed by atoms with Gasteiger partial charge in [0.2, 0.25) is 0 Å². The van der Waals surface area contributed by atoms with Gasteiger partial charge in [-0.3, -0.25) is 24.2 Å². The van der Waals surface area contributed by atoms with Crippen LogP contribution in [0.25, 0.3) is 0 Å². The van der Waals surface area contributed by atoms with Crippen molar-refractivity contribution in [3.8, 4) is 0 Å². The highest BCUT2D eigenvalue weighted by Gasteiger charge is 2.13. The van der Waals surface area contributed by atoms with E-state index in [9.17, 15) is 20.0 Å². The number of rotatable bonds is 5. The molecule has 0 saturated heterocycles. The Morgan fingerprint density at radius 1 is 1.43 bits per heavy atom. The van der Waals surface area contributed by atoms with Gasteiger partial charge in [-0.15, -0.1) is 0 Å². The van der Waals surface area contributed by atoms with Gasteiger partial charge in [-0.05, 0) is 13.8 Å². The molecule has 0 unspecified atom stereocenters. The number of aryl methyl sites for hydroxylation is 1. The molecule has 0 fully saturated rings. The van der Waals surface area contributed by atoms with Gasteiger partial charge >= 0.3 is 5.69 Å². The fraction of sp³-hybridized carbons (Fsp3) is 0.417. The first-order valence-electron chi connectivity index (χ1n) is 6.26. The molecule has 21 heavy (non-hydrogen) atoms. The lowest BCUT2D eigenvalue weighted by Gasteiger charge is -2.13. The minimum Gasteiger partial charge on any atom is -0.389 e. The first kappa shape index (κ1) is 14.9. The molecule has 1 atom stereocenters. The van der Waals surface area contributed by atoms with Crippen LogP contribution in [0, 0.1) is 24.0 Å². The summed E-state index contributed by atoms with van der Waals surface area (Å²) in [5.74, 6) is 0. The van der Waals surface area contributed by atoms with Gasteiger partial charge in [-0.2, -0.15) is 5.10 Å². The summed E-state index contributed by atoms with van der Waals surface area (Å²) in [7, 11) is 0. The molecule has 1 N–H and O–H groups in total. The number of aliphatic hydroxyl groups excluding tert-OH is 1. The van der Waals surface area contributed by atoms with Crippen LogP contribution >= 0.6 is 0 Å². The molecule has 0 bridgehead atoms. The third kappa shape index (κ3) is 3.31. The number of aliphatic hydroxyl groups is 1. The zero-order valence-electron chi connectivity index (χ0n) is 11.6. The second kappa shape index (κ2) is 5.83. The normalized spacial score (nSPS) is 12.3. The van der Waals surface area contributed by atoms with E-state index in [1.54, 1.807) is 13.8 Å². The van der Waals surface area contributed by atoms with Crippen molar-refractivity contribution in [1.29, 1.82) is 0 Å². The molecule has 112 valence electrons. The molecule has 9 nitrogen and oxygen atoms in total. The Balaban J connectivity index is 2.08. The van der Waals surface area contributed by atoms with E-state index in [1.165, 1.54) is 21.8 Å². The summed E-state index contributed by atoms with van der Waals surface area (Å²) in [5.41, 5.74) is 0.813. The Kier molecular flexibility index (Phi) is 4.13.